The molecule has 37 heavy (non-hydrogen) atoms. The van der Waals surface area contributed by atoms with Gasteiger partial charge in [-0.3, -0.25) is 4.79 Å². The Balaban J connectivity index is 1.72. The van der Waals surface area contributed by atoms with Gasteiger partial charge in [0.05, 0.1) is 31.7 Å². The molecule has 3 aromatic rings. The molecule has 1 amide bonds. The number of nitrogens with zero attached hydrogens (tertiary/aromatic N) is 3. The fourth-order valence-corrected chi connectivity index (χ4v) is 3.81. The molecule has 2 heterocycles. The van der Waals surface area contributed by atoms with Gasteiger partial charge in [0.15, 0.2) is 0 Å². The van der Waals surface area contributed by atoms with Crippen LogP contribution in [0, 0.1) is 5.82 Å². The standard InChI is InChI=1S/C25H23F4N5O3/c1-3-22(35)31-18-11-15(10-16(26)12-18)23-19(25(27,28)29)14-30-24(33-23)32-17-4-5-21(36-2)20(13-17)34-6-8-37-9-7-34/h3-5,10-14H,1,6-9H2,2H3,(H,31,35)(H,30,32,33). The summed E-state index contributed by atoms with van der Waals surface area (Å²) < 4.78 is 66.5. The minimum absolute atomic E-state index is 0.0496. The number of nitrogens with one attached hydrogen (secondary N) is 2. The first kappa shape index (κ1) is 25.9. The number of hydrogen-bond donors (Lipinski definition) is 2. The molecule has 0 unspecified atom stereocenters. The van der Waals surface area contributed by atoms with Crippen LogP contribution in [0.25, 0.3) is 11.3 Å². The Morgan fingerprint density at radius 1 is 1.16 bits per heavy atom. The molecule has 1 aromatic heterocycles. The van der Waals surface area contributed by atoms with Crippen molar-refractivity contribution in [1.29, 1.82) is 0 Å². The number of halogens is 4. The summed E-state index contributed by atoms with van der Waals surface area (Å²) in [5.74, 6) is -1.02. The second-order valence-electron chi connectivity index (χ2n) is 7.99. The van der Waals surface area contributed by atoms with Crippen LogP contribution >= 0.6 is 0 Å². The lowest BCUT2D eigenvalue weighted by Gasteiger charge is -2.30. The van der Waals surface area contributed by atoms with E-state index >= 15 is 0 Å². The highest BCUT2D eigenvalue weighted by molar-refractivity contribution is 5.99. The number of amides is 1. The monoisotopic (exact) mass is 517 g/mol. The lowest BCUT2D eigenvalue weighted by molar-refractivity contribution is -0.137. The van der Waals surface area contributed by atoms with Crippen molar-refractivity contribution in [1.82, 2.24) is 9.97 Å². The van der Waals surface area contributed by atoms with Crippen molar-refractivity contribution in [3.05, 3.63) is 66.6 Å². The molecule has 0 atom stereocenters. The highest BCUT2D eigenvalue weighted by atomic mass is 19.4. The summed E-state index contributed by atoms with van der Waals surface area (Å²) in [6.45, 7) is 5.69. The zero-order valence-corrected chi connectivity index (χ0v) is 19.7. The van der Waals surface area contributed by atoms with Crippen LogP contribution in [0.2, 0.25) is 0 Å². The Kier molecular flexibility index (Phi) is 7.58. The third-order valence-corrected chi connectivity index (χ3v) is 5.51. The average Bonchev–Trinajstić information content (AvgIpc) is 2.88. The summed E-state index contributed by atoms with van der Waals surface area (Å²) in [5.41, 5.74) is -0.678. The third kappa shape index (κ3) is 6.15. The molecule has 2 N–H and O–H groups in total. The van der Waals surface area contributed by atoms with Crippen molar-refractivity contribution in [2.24, 2.45) is 0 Å². The predicted molar refractivity (Wildman–Crippen MR) is 131 cm³/mol. The van der Waals surface area contributed by atoms with E-state index in [9.17, 15) is 22.4 Å². The number of benzene rings is 2. The fourth-order valence-electron chi connectivity index (χ4n) is 3.81. The van der Waals surface area contributed by atoms with Crippen LogP contribution in [0.15, 0.2) is 55.3 Å². The molecule has 4 rings (SSSR count). The maximum atomic E-state index is 14.3. The van der Waals surface area contributed by atoms with Gasteiger partial charge in [-0.2, -0.15) is 13.2 Å². The van der Waals surface area contributed by atoms with Crippen molar-refractivity contribution in [2.75, 3.05) is 48.9 Å². The van der Waals surface area contributed by atoms with Crippen LogP contribution in [0.4, 0.5) is 40.6 Å². The number of anilines is 4. The van der Waals surface area contributed by atoms with Gasteiger partial charge in [0.1, 0.15) is 17.1 Å². The van der Waals surface area contributed by atoms with Gasteiger partial charge in [0.2, 0.25) is 11.9 Å². The molecule has 1 aliphatic heterocycles. The highest BCUT2D eigenvalue weighted by Gasteiger charge is 2.35. The SMILES string of the molecule is C=CC(=O)Nc1cc(F)cc(-c2nc(Nc3ccc(OC)c(N4CCOCC4)c3)ncc2C(F)(F)F)c1. The zero-order valence-electron chi connectivity index (χ0n) is 19.7. The van der Waals surface area contributed by atoms with Gasteiger partial charge in [-0.25, -0.2) is 14.4 Å². The van der Waals surface area contributed by atoms with Crippen molar-refractivity contribution >= 4 is 28.9 Å². The second-order valence-corrected chi connectivity index (χ2v) is 7.99. The Morgan fingerprint density at radius 2 is 1.92 bits per heavy atom. The van der Waals surface area contributed by atoms with Crippen molar-refractivity contribution < 1.29 is 31.8 Å². The Morgan fingerprint density at radius 3 is 2.59 bits per heavy atom. The topological polar surface area (TPSA) is 88.6 Å². The van der Waals surface area contributed by atoms with Crippen LogP contribution in [0.3, 0.4) is 0 Å². The van der Waals surface area contributed by atoms with E-state index in [1.54, 1.807) is 25.3 Å². The number of rotatable bonds is 7. The summed E-state index contributed by atoms with van der Waals surface area (Å²) in [6.07, 6.45) is -3.23. The number of ether oxygens (including phenoxy) is 2. The molecule has 1 aliphatic rings. The molecule has 194 valence electrons. The minimum Gasteiger partial charge on any atom is -0.495 e. The lowest BCUT2D eigenvalue weighted by Crippen LogP contribution is -2.36. The highest BCUT2D eigenvalue weighted by Crippen LogP contribution is 2.38. The van der Waals surface area contributed by atoms with Gasteiger partial charge < -0.3 is 25.0 Å². The Hall–Kier alpha value is -4.19. The van der Waals surface area contributed by atoms with Crippen LogP contribution in [0.5, 0.6) is 5.75 Å². The largest absolute Gasteiger partial charge is 0.495 e. The summed E-state index contributed by atoms with van der Waals surface area (Å²) in [6, 6.07) is 8.23. The smallest absolute Gasteiger partial charge is 0.419 e. The summed E-state index contributed by atoms with van der Waals surface area (Å²) >= 11 is 0. The molecule has 2 aromatic carbocycles. The zero-order chi connectivity index (χ0) is 26.6. The summed E-state index contributed by atoms with van der Waals surface area (Å²) in [7, 11) is 1.54. The number of methoxy groups -OCH3 is 1. The quantitative estimate of drug-likeness (QED) is 0.336. The molecule has 0 bridgehead atoms. The van der Waals surface area contributed by atoms with E-state index in [0.717, 1.165) is 23.9 Å². The normalized spacial score (nSPS) is 13.7. The van der Waals surface area contributed by atoms with E-state index in [0.29, 0.717) is 43.9 Å². The van der Waals surface area contributed by atoms with Gasteiger partial charge in [-0.05, 0) is 42.5 Å². The molecule has 12 heteroatoms. The first-order valence-electron chi connectivity index (χ1n) is 11.1. The van der Waals surface area contributed by atoms with E-state index in [1.165, 1.54) is 6.07 Å². The Labute approximate surface area is 209 Å². The minimum atomic E-state index is -4.81. The number of carbonyl (C=O) groups is 1. The summed E-state index contributed by atoms with van der Waals surface area (Å²) in [4.78, 5) is 21.6. The Bertz CT molecular complexity index is 1310. The molecule has 0 spiro atoms. The molecule has 1 fully saturated rings. The van der Waals surface area contributed by atoms with E-state index in [1.807, 2.05) is 0 Å². The van der Waals surface area contributed by atoms with Crippen LogP contribution in [-0.4, -0.2) is 49.3 Å². The number of carbonyl (C=O) groups excluding carboxylic acids is 1. The lowest BCUT2D eigenvalue weighted by atomic mass is 10.1. The number of alkyl halides is 3. The molecule has 1 saturated heterocycles. The third-order valence-electron chi connectivity index (χ3n) is 5.51. The predicted octanol–water partition coefficient (Wildman–Crippen LogP) is 5.01. The first-order chi connectivity index (χ1) is 17.7. The van der Waals surface area contributed by atoms with Gasteiger partial charge >= 0.3 is 6.18 Å². The number of aromatic nitrogens is 2. The van der Waals surface area contributed by atoms with E-state index in [2.05, 4.69) is 32.1 Å². The van der Waals surface area contributed by atoms with Crippen LogP contribution in [-0.2, 0) is 15.7 Å². The van der Waals surface area contributed by atoms with Gasteiger partial charge in [0, 0.05) is 36.2 Å². The van der Waals surface area contributed by atoms with E-state index in [4.69, 9.17) is 9.47 Å². The average molecular weight is 517 g/mol. The van der Waals surface area contributed by atoms with E-state index in [-0.39, 0.29) is 17.2 Å². The fraction of sp³-hybridized carbons (Fsp3) is 0.240. The van der Waals surface area contributed by atoms with Gasteiger partial charge in [-0.1, -0.05) is 6.58 Å². The van der Waals surface area contributed by atoms with Crippen LogP contribution in [0.1, 0.15) is 5.56 Å². The van der Waals surface area contributed by atoms with Crippen LogP contribution < -0.4 is 20.3 Å². The molecule has 8 nitrogen and oxygen atoms in total. The van der Waals surface area contributed by atoms with Crippen molar-refractivity contribution in [3.8, 4) is 17.0 Å². The number of hydrogen-bond acceptors (Lipinski definition) is 7. The maximum absolute atomic E-state index is 14.3. The van der Waals surface area contributed by atoms with Gasteiger partial charge in [0.25, 0.3) is 0 Å². The number of morpholine rings is 1. The molecule has 0 aliphatic carbocycles. The van der Waals surface area contributed by atoms with Gasteiger partial charge in [-0.15, -0.1) is 0 Å². The second kappa shape index (κ2) is 10.8. The van der Waals surface area contributed by atoms with E-state index < -0.39 is 29.2 Å². The van der Waals surface area contributed by atoms with Crippen molar-refractivity contribution in [3.63, 3.8) is 0 Å². The summed E-state index contributed by atoms with van der Waals surface area (Å²) in [5, 5.41) is 5.26. The first-order valence-corrected chi connectivity index (χ1v) is 11.1. The molecular formula is C25H23F4N5O3. The molecule has 0 saturated carbocycles. The maximum Gasteiger partial charge on any atom is 0.419 e. The van der Waals surface area contributed by atoms with Crippen molar-refractivity contribution in [2.45, 2.75) is 6.18 Å². The molecule has 0 radical (unpaired) electrons. The molecular weight excluding hydrogens is 494 g/mol.